The molecular weight excluding hydrogens is 376 g/mol. The number of non-ortho nitro benzene ring substituents is 1. The second kappa shape index (κ2) is 7.83. The molecule has 0 spiro atoms. The molecule has 1 aromatic heterocycles. The van der Waals surface area contributed by atoms with Crippen LogP contribution in [0.2, 0.25) is 0 Å². The van der Waals surface area contributed by atoms with Crippen molar-refractivity contribution in [3.8, 4) is 11.3 Å². The van der Waals surface area contributed by atoms with Crippen LogP contribution in [-0.2, 0) is 9.59 Å². The molecule has 1 aliphatic rings. The standard InChI is InChI=1S/C16H12N4O6S/c21-14(22)7-13-15(23)18-16(27-13)19-17-8-11-4-5-12(26-11)9-2-1-3-10(6-9)20(24)25/h1-6,8,13H,7H2,(H,21,22)(H,18,19,23)/b17-8-/t13-/m0/s1. The summed E-state index contributed by atoms with van der Waals surface area (Å²) in [5, 5.41) is 29.1. The molecule has 2 N–H and O–H groups in total. The van der Waals surface area contributed by atoms with E-state index < -0.39 is 22.0 Å². The zero-order valence-electron chi connectivity index (χ0n) is 13.6. The van der Waals surface area contributed by atoms with Gasteiger partial charge in [-0.05, 0) is 12.1 Å². The number of carbonyl (C=O) groups excluding carboxylic acids is 1. The lowest BCUT2D eigenvalue weighted by molar-refractivity contribution is -0.384. The van der Waals surface area contributed by atoms with Crippen LogP contribution in [0.1, 0.15) is 12.2 Å². The zero-order valence-corrected chi connectivity index (χ0v) is 14.4. The Hall–Kier alpha value is -3.47. The maximum Gasteiger partial charge on any atom is 0.305 e. The number of hydrogen-bond acceptors (Lipinski definition) is 8. The lowest BCUT2D eigenvalue weighted by atomic mass is 10.1. The SMILES string of the molecule is O=C(O)C[C@@H]1S/C(=N\N=C/c2ccc(-c3cccc([N+](=O)[O-])c3)o2)NC1=O. The number of rotatable bonds is 6. The van der Waals surface area contributed by atoms with E-state index in [1.165, 1.54) is 18.3 Å². The topological polar surface area (TPSA) is 147 Å². The zero-order chi connectivity index (χ0) is 19.4. The molecule has 2 heterocycles. The second-order valence-electron chi connectivity index (χ2n) is 5.35. The monoisotopic (exact) mass is 388 g/mol. The fourth-order valence-electron chi connectivity index (χ4n) is 2.23. The minimum Gasteiger partial charge on any atom is -0.481 e. The van der Waals surface area contributed by atoms with Crippen molar-refractivity contribution < 1.29 is 24.0 Å². The molecule has 3 rings (SSSR count). The number of nitrogens with one attached hydrogen (secondary N) is 1. The first-order valence-corrected chi connectivity index (χ1v) is 8.45. The highest BCUT2D eigenvalue weighted by Gasteiger charge is 2.32. The largest absolute Gasteiger partial charge is 0.481 e. The number of nitrogens with zero attached hydrogens (tertiary/aromatic N) is 3. The molecular formula is C16H12N4O6S. The number of nitro benzene ring substituents is 1. The van der Waals surface area contributed by atoms with E-state index in [1.807, 2.05) is 0 Å². The summed E-state index contributed by atoms with van der Waals surface area (Å²) in [6, 6.07) is 9.28. The molecule has 1 amide bonds. The van der Waals surface area contributed by atoms with Crippen molar-refractivity contribution in [2.45, 2.75) is 11.7 Å². The van der Waals surface area contributed by atoms with Gasteiger partial charge in [0.05, 0.1) is 17.6 Å². The van der Waals surface area contributed by atoms with Gasteiger partial charge in [0.1, 0.15) is 16.8 Å². The van der Waals surface area contributed by atoms with Crippen molar-refractivity contribution in [3.63, 3.8) is 0 Å². The number of carboxylic acids is 1. The summed E-state index contributed by atoms with van der Waals surface area (Å²) in [6.45, 7) is 0. The molecule has 11 heteroatoms. The van der Waals surface area contributed by atoms with E-state index in [0.29, 0.717) is 17.1 Å². The molecule has 27 heavy (non-hydrogen) atoms. The fourth-order valence-corrected chi connectivity index (χ4v) is 3.15. The maximum atomic E-state index is 11.6. The predicted molar refractivity (Wildman–Crippen MR) is 97.6 cm³/mol. The lowest BCUT2D eigenvalue weighted by Crippen LogP contribution is -2.26. The number of hydrogen-bond donors (Lipinski definition) is 2. The number of amidine groups is 1. The number of carboxylic acid groups (broad SMARTS) is 1. The third-order valence-electron chi connectivity index (χ3n) is 3.44. The average molecular weight is 388 g/mol. The smallest absolute Gasteiger partial charge is 0.305 e. The van der Waals surface area contributed by atoms with Crippen LogP contribution in [0.25, 0.3) is 11.3 Å². The molecule has 1 aromatic carbocycles. The van der Waals surface area contributed by atoms with Crippen LogP contribution in [0.3, 0.4) is 0 Å². The summed E-state index contributed by atoms with van der Waals surface area (Å²) < 4.78 is 5.55. The van der Waals surface area contributed by atoms with Crippen LogP contribution in [0.5, 0.6) is 0 Å². The van der Waals surface area contributed by atoms with Crippen molar-refractivity contribution in [1.82, 2.24) is 5.32 Å². The quantitative estimate of drug-likeness (QED) is 0.438. The molecule has 0 radical (unpaired) electrons. The molecule has 0 aliphatic carbocycles. The molecule has 138 valence electrons. The lowest BCUT2D eigenvalue weighted by Gasteiger charge is -1.97. The Balaban J connectivity index is 1.68. The van der Waals surface area contributed by atoms with E-state index in [4.69, 9.17) is 9.52 Å². The summed E-state index contributed by atoms with van der Waals surface area (Å²) in [7, 11) is 0. The van der Waals surface area contributed by atoms with E-state index in [-0.39, 0.29) is 17.3 Å². The molecule has 1 saturated heterocycles. The summed E-state index contributed by atoms with van der Waals surface area (Å²) >= 11 is 0.989. The van der Waals surface area contributed by atoms with Crippen LogP contribution in [0, 0.1) is 10.1 Å². The minimum absolute atomic E-state index is 0.0459. The Morgan fingerprint density at radius 3 is 2.96 bits per heavy atom. The van der Waals surface area contributed by atoms with Crippen molar-refractivity contribution >= 4 is 40.7 Å². The molecule has 1 aliphatic heterocycles. The molecule has 1 fully saturated rings. The fraction of sp³-hybridized carbons (Fsp3) is 0.125. The van der Waals surface area contributed by atoms with Gasteiger partial charge < -0.3 is 14.8 Å². The highest BCUT2D eigenvalue weighted by atomic mass is 32.2. The highest BCUT2D eigenvalue weighted by Crippen LogP contribution is 2.25. The van der Waals surface area contributed by atoms with Gasteiger partial charge in [-0.3, -0.25) is 19.7 Å². The molecule has 2 aromatic rings. The van der Waals surface area contributed by atoms with Crippen LogP contribution < -0.4 is 5.32 Å². The van der Waals surface area contributed by atoms with Gasteiger partial charge in [-0.25, -0.2) is 0 Å². The van der Waals surface area contributed by atoms with Gasteiger partial charge in [0.25, 0.3) is 5.69 Å². The Morgan fingerprint density at radius 1 is 1.41 bits per heavy atom. The highest BCUT2D eigenvalue weighted by molar-refractivity contribution is 8.15. The number of thioether (sulfide) groups is 1. The first-order valence-electron chi connectivity index (χ1n) is 7.57. The number of aliphatic carboxylic acids is 1. The number of carbonyl (C=O) groups is 2. The minimum atomic E-state index is -1.07. The summed E-state index contributed by atoms with van der Waals surface area (Å²) in [5.74, 6) is -0.714. The Kier molecular flexibility index (Phi) is 5.31. The van der Waals surface area contributed by atoms with Gasteiger partial charge in [0.2, 0.25) is 5.91 Å². The van der Waals surface area contributed by atoms with E-state index in [1.54, 1.807) is 24.3 Å². The van der Waals surface area contributed by atoms with Crippen LogP contribution >= 0.6 is 11.8 Å². The molecule has 10 nitrogen and oxygen atoms in total. The van der Waals surface area contributed by atoms with Gasteiger partial charge in [-0.2, -0.15) is 5.10 Å². The molecule has 0 saturated carbocycles. The van der Waals surface area contributed by atoms with E-state index in [2.05, 4.69) is 15.5 Å². The van der Waals surface area contributed by atoms with E-state index in [0.717, 1.165) is 11.8 Å². The van der Waals surface area contributed by atoms with Crippen LogP contribution in [0.4, 0.5) is 5.69 Å². The second-order valence-corrected chi connectivity index (χ2v) is 6.54. The van der Waals surface area contributed by atoms with Gasteiger partial charge >= 0.3 is 5.97 Å². The first kappa shape index (κ1) is 18.3. The van der Waals surface area contributed by atoms with Gasteiger partial charge in [0.15, 0.2) is 5.17 Å². The maximum absolute atomic E-state index is 11.6. The van der Waals surface area contributed by atoms with Crippen LogP contribution in [0.15, 0.2) is 51.0 Å². The summed E-state index contributed by atoms with van der Waals surface area (Å²) in [5.41, 5.74) is 0.501. The molecule has 0 bridgehead atoms. The normalized spacial score (nSPS) is 18.1. The molecule has 1 atom stereocenters. The Morgan fingerprint density at radius 2 is 2.22 bits per heavy atom. The third kappa shape index (κ3) is 4.58. The van der Waals surface area contributed by atoms with Crippen molar-refractivity contribution in [2.75, 3.05) is 0 Å². The third-order valence-corrected chi connectivity index (χ3v) is 4.51. The number of furan rings is 1. The Labute approximate surface area is 156 Å². The summed E-state index contributed by atoms with van der Waals surface area (Å²) in [6.07, 6.45) is 1.01. The molecule has 0 unspecified atom stereocenters. The number of amides is 1. The van der Waals surface area contributed by atoms with Gasteiger partial charge in [-0.1, -0.05) is 23.9 Å². The van der Waals surface area contributed by atoms with E-state index in [9.17, 15) is 19.7 Å². The van der Waals surface area contributed by atoms with Gasteiger partial charge in [0, 0.05) is 17.7 Å². The van der Waals surface area contributed by atoms with Crippen molar-refractivity contribution in [1.29, 1.82) is 0 Å². The van der Waals surface area contributed by atoms with Crippen molar-refractivity contribution in [2.24, 2.45) is 10.2 Å². The van der Waals surface area contributed by atoms with Crippen molar-refractivity contribution in [3.05, 3.63) is 52.3 Å². The number of nitro groups is 1. The predicted octanol–water partition coefficient (Wildman–Crippen LogP) is 2.25. The average Bonchev–Trinajstić information content (AvgIpc) is 3.22. The summed E-state index contributed by atoms with van der Waals surface area (Å²) in [4.78, 5) is 32.6. The van der Waals surface area contributed by atoms with E-state index >= 15 is 0 Å². The van der Waals surface area contributed by atoms with Crippen LogP contribution in [-0.4, -0.2) is 38.5 Å². The Bertz CT molecular complexity index is 967. The van der Waals surface area contributed by atoms with Gasteiger partial charge in [-0.15, -0.1) is 5.10 Å². The first-order chi connectivity index (χ1) is 12.9. The number of benzene rings is 1.